The van der Waals surface area contributed by atoms with Crippen LogP contribution in [-0.2, 0) is 11.3 Å². The van der Waals surface area contributed by atoms with E-state index >= 15 is 0 Å². The third-order valence-corrected chi connectivity index (χ3v) is 2.79. The van der Waals surface area contributed by atoms with Crippen molar-refractivity contribution < 1.29 is 14.6 Å². The van der Waals surface area contributed by atoms with Gasteiger partial charge in [-0.3, -0.25) is 0 Å². The molecule has 1 atom stereocenters. The van der Waals surface area contributed by atoms with Crippen LogP contribution in [-0.4, -0.2) is 53.4 Å². The molecule has 2 rings (SSSR count). The second kappa shape index (κ2) is 4.67. The molecule has 1 N–H and O–H groups in total. The number of aromatic nitrogens is 1. The number of morpholine rings is 1. The van der Waals surface area contributed by atoms with E-state index in [1.165, 1.54) is 0 Å². The van der Waals surface area contributed by atoms with Gasteiger partial charge < -0.3 is 19.3 Å². The summed E-state index contributed by atoms with van der Waals surface area (Å²) in [4.78, 5) is 13.1. The molecule has 1 aromatic rings. The molecule has 88 valence electrons. The summed E-state index contributed by atoms with van der Waals surface area (Å²) in [6.07, 6.45) is 1.85. The Balaban J connectivity index is 2.02. The second-order valence-corrected chi connectivity index (χ2v) is 4.11. The summed E-state index contributed by atoms with van der Waals surface area (Å²) in [6.45, 7) is 3.09. The largest absolute Gasteiger partial charge is 0.477 e. The van der Waals surface area contributed by atoms with Crippen molar-refractivity contribution >= 4 is 5.97 Å². The summed E-state index contributed by atoms with van der Waals surface area (Å²) in [5.74, 6) is -0.894. The first-order chi connectivity index (χ1) is 7.66. The Morgan fingerprint density at radius 1 is 1.69 bits per heavy atom. The van der Waals surface area contributed by atoms with E-state index in [4.69, 9.17) is 9.84 Å². The predicted molar refractivity (Wildman–Crippen MR) is 58.6 cm³/mol. The topological polar surface area (TPSA) is 54.7 Å². The summed E-state index contributed by atoms with van der Waals surface area (Å²) in [7, 11) is 2.04. The van der Waals surface area contributed by atoms with Gasteiger partial charge in [-0.1, -0.05) is 0 Å². The van der Waals surface area contributed by atoms with E-state index in [1.54, 1.807) is 22.9 Å². The lowest BCUT2D eigenvalue weighted by Crippen LogP contribution is -2.42. The van der Waals surface area contributed by atoms with Crippen molar-refractivity contribution in [3.8, 4) is 0 Å². The monoisotopic (exact) mass is 224 g/mol. The van der Waals surface area contributed by atoms with Crippen molar-refractivity contribution in [2.45, 2.75) is 12.6 Å². The number of ether oxygens (including phenoxy) is 1. The van der Waals surface area contributed by atoms with Gasteiger partial charge >= 0.3 is 5.97 Å². The molecule has 0 spiro atoms. The molecule has 0 aromatic carbocycles. The molecule has 1 unspecified atom stereocenters. The van der Waals surface area contributed by atoms with Crippen LogP contribution in [0.1, 0.15) is 10.5 Å². The van der Waals surface area contributed by atoms with Crippen molar-refractivity contribution in [1.29, 1.82) is 0 Å². The van der Waals surface area contributed by atoms with E-state index < -0.39 is 5.97 Å². The van der Waals surface area contributed by atoms with Crippen molar-refractivity contribution in [1.82, 2.24) is 9.47 Å². The summed E-state index contributed by atoms with van der Waals surface area (Å²) in [6, 6.07) is 3.35. The maximum atomic E-state index is 10.9. The highest BCUT2D eigenvalue weighted by Crippen LogP contribution is 2.09. The molecule has 0 amide bonds. The van der Waals surface area contributed by atoms with Crippen LogP contribution in [0.5, 0.6) is 0 Å². The Kier molecular flexibility index (Phi) is 3.26. The fraction of sp³-hybridized carbons (Fsp3) is 0.545. The second-order valence-electron chi connectivity index (χ2n) is 4.11. The van der Waals surface area contributed by atoms with Crippen LogP contribution in [0, 0.1) is 0 Å². The van der Waals surface area contributed by atoms with Gasteiger partial charge in [-0.05, 0) is 19.2 Å². The van der Waals surface area contributed by atoms with Gasteiger partial charge in [0.15, 0.2) is 0 Å². The molecule has 2 heterocycles. The highest BCUT2D eigenvalue weighted by Gasteiger charge is 2.19. The normalized spacial score (nSPS) is 22.2. The van der Waals surface area contributed by atoms with Crippen molar-refractivity contribution in [2.24, 2.45) is 0 Å². The highest BCUT2D eigenvalue weighted by molar-refractivity contribution is 5.85. The van der Waals surface area contributed by atoms with Crippen LogP contribution >= 0.6 is 0 Å². The molecule has 16 heavy (non-hydrogen) atoms. The summed E-state index contributed by atoms with van der Waals surface area (Å²) in [5, 5.41) is 8.96. The van der Waals surface area contributed by atoms with Crippen molar-refractivity contribution in [2.75, 3.05) is 26.7 Å². The maximum absolute atomic E-state index is 10.9. The van der Waals surface area contributed by atoms with E-state index in [0.29, 0.717) is 18.8 Å². The molecular weight excluding hydrogens is 208 g/mol. The molecule has 1 fully saturated rings. The number of hydrogen-bond donors (Lipinski definition) is 1. The summed E-state index contributed by atoms with van der Waals surface area (Å²) in [5.41, 5.74) is 0.317. The first-order valence-corrected chi connectivity index (χ1v) is 5.35. The summed E-state index contributed by atoms with van der Waals surface area (Å²) >= 11 is 0. The third-order valence-electron chi connectivity index (χ3n) is 2.79. The van der Waals surface area contributed by atoms with Gasteiger partial charge in [0.1, 0.15) is 5.69 Å². The van der Waals surface area contributed by atoms with Gasteiger partial charge in [-0.15, -0.1) is 0 Å². The molecule has 5 heteroatoms. The first kappa shape index (κ1) is 11.2. The molecule has 1 aromatic heterocycles. The molecule has 0 saturated carbocycles. The van der Waals surface area contributed by atoms with Gasteiger partial charge in [-0.2, -0.15) is 0 Å². The zero-order valence-electron chi connectivity index (χ0n) is 9.30. The minimum Gasteiger partial charge on any atom is -0.477 e. The van der Waals surface area contributed by atoms with Crippen LogP contribution in [0.25, 0.3) is 0 Å². The number of carboxylic acid groups (broad SMARTS) is 1. The Morgan fingerprint density at radius 2 is 2.50 bits per heavy atom. The average Bonchev–Trinajstić information content (AvgIpc) is 2.66. The standard InChI is InChI=1S/C11H16N2O3/c1-12-5-6-16-9(7-12)8-13-4-2-3-10(13)11(14)15/h2-4,9H,5-8H2,1H3,(H,14,15). The predicted octanol–water partition coefficient (Wildman–Crippen LogP) is 0.517. The first-order valence-electron chi connectivity index (χ1n) is 5.35. The van der Waals surface area contributed by atoms with E-state index in [1.807, 2.05) is 7.05 Å². The Morgan fingerprint density at radius 3 is 3.19 bits per heavy atom. The lowest BCUT2D eigenvalue weighted by molar-refractivity contribution is -0.0277. The SMILES string of the molecule is CN1CCOC(Cn2cccc2C(=O)O)C1. The van der Waals surface area contributed by atoms with Gasteiger partial charge in [0.2, 0.25) is 0 Å². The number of aromatic carboxylic acids is 1. The fourth-order valence-electron chi connectivity index (χ4n) is 1.96. The lowest BCUT2D eigenvalue weighted by atomic mass is 10.2. The minimum atomic E-state index is -0.894. The molecule has 0 bridgehead atoms. The zero-order valence-corrected chi connectivity index (χ0v) is 9.30. The minimum absolute atomic E-state index is 0.0734. The zero-order chi connectivity index (χ0) is 11.5. The Hall–Kier alpha value is -1.33. The fourth-order valence-corrected chi connectivity index (χ4v) is 1.96. The van der Waals surface area contributed by atoms with E-state index in [9.17, 15) is 4.79 Å². The summed E-state index contributed by atoms with van der Waals surface area (Å²) < 4.78 is 7.33. The van der Waals surface area contributed by atoms with Gasteiger partial charge in [0.05, 0.1) is 19.3 Å². The van der Waals surface area contributed by atoms with Crippen LogP contribution in [0.2, 0.25) is 0 Å². The number of rotatable bonds is 3. The Labute approximate surface area is 94.2 Å². The number of nitrogens with zero attached hydrogens (tertiary/aromatic N) is 2. The van der Waals surface area contributed by atoms with E-state index in [-0.39, 0.29) is 6.10 Å². The molecule has 0 aliphatic carbocycles. The number of hydrogen-bond acceptors (Lipinski definition) is 3. The third kappa shape index (κ3) is 2.43. The average molecular weight is 224 g/mol. The Bertz CT molecular complexity index is 375. The number of carboxylic acids is 1. The molecule has 1 saturated heterocycles. The quantitative estimate of drug-likeness (QED) is 0.813. The van der Waals surface area contributed by atoms with Crippen LogP contribution in [0.3, 0.4) is 0 Å². The van der Waals surface area contributed by atoms with Gasteiger partial charge in [0.25, 0.3) is 0 Å². The van der Waals surface area contributed by atoms with Gasteiger partial charge in [0, 0.05) is 19.3 Å². The highest BCUT2D eigenvalue weighted by atomic mass is 16.5. The molecule has 0 radical (unpaired) electrons. The van der Waals surface area contributed by atoms with E-state index in [0.717, 1.165) is 13.1 Å². The molecule has 1 aliphatic rings. The van der Waals surface area contributed by atoms with Crippen LogP contribution < -0.4 is 0 Å². The van der Waals surface area contributed by atoms with Crippen molar-refractivity contribution in [3.05, 3.63) is 24.0 Å². The molecular formula is C11H16N2O3. The number of carbonyl (C=O) groups is 1. The van der Waals surface area contributed by atoms with Crippen LogP contribution in [0.15, 0.2) is 18.3 Å². The van der Waals surface area contributed by atoms with Crippen molar-refractivity contribution in [3.63, 3.8) is 0 Å². The van der Waals surface area contributed by atoms with Gasteiger partial charge in [-0.25, -0.2) is 4.79 Å². The molecule has 5 nitrogen and oxygen atoms in total. The smallest absolute Gasteiger partial charge is 0.352 e. The van der Waals surface area contributed by atoms with Crippen LogP contribution in [0.4, 0.5) is 0 Å². The maximum Gasteiger partial charge on any atom is 0.352 e. The lowest BCUT2D eigenvalue weighted by Gasteiger charge is -2.30. The molecule has 1 aliphatic heterocycles. The van der Waals surface area contributed by atoms with E-state index in [2.05, 4.69) is 4.90 Å². The number of likely N-dealkylation sites (N-methyl/N-ethyl adjacent to an activating group) is 1.